The van der Waals surface area contributed by atoms with Gasteiger partial charge in [0, 0.05) is 13.5 Å². The van der Waals surface area contributed by atoms with E-state index in [1.54, 1.807) is 13.2 Å². The molecule has 0 amide bonds. The van der Waals surface area contributed by atoms with E-state index >= 15 is 0 Å². The minimum atomic E-state index is -0.608. The molecule has 20 heavy (non-hydrogen) atoms. The standard InChI is InChI=1S/C16H22BrFO2/c1-20-16(9-4-2-3-5-10-16)14(19)11-12-7-6-8-13(18)15(12)17/h6-8,14,19H,2-5,9-11H2,1H3. The molecule has 1 N–H and O–H groups in total. The summed E-state index contributed by atoms with van der Waals surface area (Å²) >= 11 is 3.26. The molecule has 1 aliphatic rings. The normalized spacial score (nSPS) is 20.4. The molecule has 1 aromatic carbocycles. The smallest absolute Gasteiger partial charge is 0.137 e. The maximum Gasteiger partial charge on any atom is 0.137 e. The van der Waals surface area contributed by atoms with Gasteiger partial charge in [-0.2, -0.15) is 0 Å². The molecule has 0 spiro atoms. The van der Waals surface area contributed by atoms with Gasteiger partial charge in [0.25, 0.3) is 0 Å². The molecule has 0 radical (unpaired) electrons. The number of rotatable bonds is 4. The molecule has 1 atom stereocenters. The summed E-state index contributed by atoms with van der Waals surface area (Å²) in [7, 11) is 1.68. The summed E-state index contributed by atoms with van der Waals surface area (Å²) in [5, 5.41) is 10.6. The van der Waals surface area contributed by atoms with Crippen LogP contribution in [0.15, 0.2) is 22.7 Å². The fourth-order valence-electron chi connectivity index (χ4n) is 3.10. The Hall–Kier alpha value is -0.450. The van der Waals surface area contributed by atoms with Crippen molar-refractivity contribution in [2.24, 2.45) is 0 Å². The fraction of sp³-hybridized carbons (Fsp3) is 0.625. The highest BCUT2D eigenvalue weighted by molar-refractivity contribution is 9.10. The molecule has 0 saturated heterocycles. The molecule has 4 heteroatoms. The quantitative estimate of drug-likeness (QED) is 0.828. The second-order valence-corrected chi connectivity index (χ2v) is 6.41. The minimum absolute atomic E-state index is 0.290. The van der Waals surface area contributed by atoms with Crippen LogP contribution >= 0.6 is 15.9 Å². The maximum absolute atomic E-state index is 13.6. The highest BCUT2D eigenvalue weighted by atomic mass is 79.9. The zero-order chi connectivity index (χ0) is 14.6. The lowest BCUT2D eigenvalue weighted by atomic mass is 9.85. The Morgan fingerprint density at radius 1 is 1.30 bits per heavy atom. The van der Waals surface area contributed by atoms with Crippen molar-refractivity contribution in [3.63, 3.8) is 0 Å². The average Bonchev–Trinajstić information content (AvgIpc) is 2.70. The second kappa shape index (κ2) is 7.01. The number of halogens is 2. The zero-order valence-corrected chi connectivity index (χ0v) is 13.5. The van der Waals surface area contributed by atoms with Gasteiger partial charge in [0.1, 0.15) is 5.82 Å². The summed E-state index contributed by atoms with van der Waals surface area (Å²) in [5.74, 6) is -0.290. The Balaban J connectivity index is 2.16. The average molecular weight is 345 g/mol. The number of hydrogen-bond acceptors (Lipinski definition) is 2. The molecule has 112 valence electrons. The summed E-state index contributed by atoms with van der Waals surface area (Å²) < 4.78 is 19.7. The molecule has 0 bridgehead atoms. The fourth-order valence-corrected chi connectivity index (χ4v) is 3.53. The highest BCUT2D eigenvalue weighted by Gasteiger charge is 2.38. The third kappa shape index (κ3) is 3.41. The summed E-state index contributed by atoms with van der Waals surface area (Å²) in [6, 6.07) is 4.93. The van der Waals surface area contributed by atoms with Gasteiger partial charge in [-0.15, -0.1) is 0 Å². The van der Waals surface area contributed by atoms with E-state index in [1.165, 1.54) is 18.9 Å². The molecule has 0 aromatic heterocycles. The van der Waals surface area contributed by atoms with Crippen LogP contribution in [-0.2, 0) is 11.2 Å². The van der Waals surface area contributed by atoms with Gasteiger partial charge in [0.05, 0.1) is 16.2 Å². The van der Waals surface area contributed by atoms with Crippen molar-refractivity contribution in [2.45, 2.75) is 56.7 Å². The highest BCUT2D eigenvalue weighted by Crippen LogP contribution is 2.35. The van der Waals surface area contributed by atoms with Gasteiger partial charge in [-0.3, -0.25) is 0 Å². The van der Waals surface area contributed by atoms with Gasteiger partial charge in [-0.1, -0.05) is 37.8 Å². The summed E-state index contributed by atoms with van der Waals surface area (Å²) in [4.78, 5) is 0. The van der Waals surface area contributed by atoms with Crippen LogP contribution in [-0.4, -0.2) is 23.9 Å². The lowest BCUT2D eigenvalue weighted by molar-refractivity contribution is -0.111. The summed E-state index contributed by atoms with van der Waals surface area (Å²) in [6.45, 7) is 0. The van der Waals surface area contributed by atoms with Crippen molar-refractivity contribution in [3.05, 3.63) is 34.1 Å². The van der Waals surface area contributed by atoms with Crippen LogP contribution in [0.3, 0.4) is 0 Å². The SMILES string of the molecule is COC1(C(O)Cc2cccc(F)c2Br)CCCCCC1. The van der Waals surface area contributed by atoms with Crippen molar-refractivity contribution in [2.75, 3.05) is 7.11 Å². The van der Waals surface area contributed by atoms with Crippen molar-refractivity contribution in [1.29, 1.82) is 0 Å². The van der Waals surface area contributed by atoms with Crippen LogP contribution in [0.5, 0.6) is 0 Å². The largest absolute Gasteiger partial charge is 0.390 e. The molecule has 1 fully saturated rings. The molecule has 1 unspecified atom stereocenters. The van der Waals surface area contributed by atoms with E-state index < -0.39 is 11.7 Å². The van der Waals surface area contributed by atoms with Crippen LogP contribution in [0, 0.1) is 5.82 Å². The van der Waals surface area contributed by atoms with Crippen molar-refractivity contribution >= 4 is 15.9 Å². The molecule has 1 aromatic rings. The number of aliphatic hydroxyl groups excluding tert-OH is 1. The predicted octanol–water partition coefficient (Wildman–Crippen LogP) is 4.23. The van der Waals surface area contributed by atoms with E-state index in [1.807, 2.05) is 6.07 Å². The van der Waals surface area contributed by atoms with Crippen LogP contribution in [0.4, 0.5) is 4.39 Å². The van der Waals surface area contributed by atoms with Crippen molar-refractivity contribution in [1.82, 2.24) is 0 Å². The number of hydrogen-bond donors (Lipinski definition) is 1. The number of aliphatic hydroxyl groups is 1. The van der Waals surface area contributed by atoms with Gasteiger partial charge >= 0.3 is 0 Å². The van der Waals surface area contributed by atoms with E-state index in [2.05, 4.69) is 15.9 Å². The summed E-state index contributed by atoms with van der Waals surface area (Å²) in [6.07, 6.45) is 6.10. The predicted molar refractivity (Wildman–Crippen MR) is 81.3 cm³/mol. The second-order valence-electron chi connectivity index (χ2n) is 5.62. The Labute approximate surface area is 128 Å². The van der Waals surface area contributed by atoms with Crippen molar-refractivity contribution < 1.29 is 14.2 Å². The zero-order valence-electron chi connectivity index (χ0n) is 11.9. The first-order valence-corrected chi connectivity index (χ1v) is 8.04. The monoisotopic (exact) mass is 344 g/mol. The van der Waals surface area contributed by atoms with Gasteiger partial charge in [0.15, 0.2) is 0 Å². The van der Waals surface area contributed by atoms with Crippen LogP contribution < -0.4 is 0 Å². The maximum atomic E-state index is 13.6. The third-order valence-corrected chi connectivity index (χ3v) is 5.30. The van der Waals surface area contributed by atoms with Gasteiger partial charge in [0.2, 0.25) is 0 Å². The van der Waals surface area contributed by atoms with Crippen LogP contribution in [0.25, 0.3) is 0 Å². The number of ether oxygens (including phenoxy) is 1. The molecular weight excluding hydrogens is 323 g/mol. The molecular formula is C16H22BrFO2. The van der Waals surface area contributed by atoms with Crippen LogP contribution in [0.2, 0.25) is 0 Å². The van der Waals surface area contributed by atoms with E-state index in [0.29, 0.717) is 10.9 Å². The topological polar surface area (TPSA) is 29.5 Å². The molecule has 2 nitrogen and oxygen atoms in total. The van der Waals surface area contributed by atoms with Crippen molar-refractivity contribution in [3.8, 4) is 0 Å². The van der Waals surface area contributed by atoms with E-state index in [9.17, 15) is 9.50 Å². The third-order valence-electron chi connectivity index (χ3n) is 4.41. The first kappa shape index (κ1) is 15.9. The van der Waals surface area contributed by atoms with Gasteiger partial charge < -0.3 is 9.84 Å². The Morgan fingerprint density at radius 3 is 2.55 bits per heavy atom. The van der Waals surface area contributed by atoms with Crippen LogP contribution in [0.1, 0.15) is 44.1 Å². The van der Waals surface area contributed by atoms with E-state index in [0.717, 1.165) is 31.2 Å². The lowest BCUT2D eigenvalue weighted by Gasteiger charge is -2.36. The molecule has 1 aliphatic carbocycles. The lowest BCUT2D eigenvalue weighted by Crippen LogP contribution is -2.45. The Bertz CT molecular complexity index is 442. The minimum Gasteiger partial charge on any atom is -0.390 e. The molecule has 2 rings (SSSR count). The van der Waals surface area contributed by atoms with E-state index in [4.69, 9.17) is 4.74 Å². The Morgan fingerprint density at radius 2 is 1.95 bits per heavy atom. The van der Waals surface area contributed by atoms with Gasteiger partial charge in [-0.25, -0.2) is 4.39 Å². The number of methoxy groups -OCH3 is 1. The Kier molecular flexibility index (Phi) is 5.58. The number of benzene rings is 1. The first-order chi connectivity index (χ1) is 9.59. The molecule has 0 aliphatic heterocycles. The van der Waals surface area contributed by atoms with E-state index in [-0.39, 0.29) is 5.82 Å². The first-order valence-electron chi connectivity index (χ1n) is 7.25. The van der Waals surface area contributed by atoms with Gasteiger partial charge in [-0.05, 0) is 40.4 Å². The summed E-state index contributed by atoms with van der Waals surface area (Å²) in [5.41, 5.74) is 0.306. The molecule has 0 heterocycles. The molecule has 1 saturated carbocycles.